The van der Waals surface area contributed by atoms with Gasteiger partial charge in [-0.05, 0) is 12.8 Å². The molecule has 0 aliphatic heterocycles. The van der Waals surface area contributed by atoms with Gasteiger partial charge in [0.25, 0.3) is 0 Å². The van der Waals surface area contributed by atoms with Crippen LogP contribution < -0.4 is 29.6 Å². The van der Waals surface area contributed by atoms with Crippen molar-refractivity contribution >= 4 is 0 Å². The molecule has 48 valence electrons. The average Bonchev–Trinajstić information content (AvgIpc) is 1.89. The van der Waals surface area contributed by atoms with E-state index in [1.54, 1.807) is 0 Å². The summed E-state index contributed by atoms with van der Waals surface area (Å²) >= 11 is 0. The second kappa shape index (κ2) is 11.9. The van der Waals surface area contributed by atoms with Crippen molar-refractivity contribution in [3.8, 4) is 17.8 Å². The number of hydrogen-bond donors (Lipinski definition) is 0. The summed E-state index contributed by atoms with van der Waals surface area (Å²) in [4.78, 5) is 0. The van der Waals surface area contributed by atoms with Gasteiger partial charge in [0.1, 0.15) is 0 Å². The predicted molar refractivity (Wildman–Crippen MR) is 39.0 cm³/mol. The second-order valence-electron chi connectivity index (χ2n) is 1.74. The zero-order valence-corrected chi connectivity index (χ0v) is 8.83. The molecule has 0 nitrogen and oxygen atoms in total. The van der Waals surface area contributed by atoms with Crippen LogP contribution in [0, 0.1) is 24.2 Å². The molecule has 0 aliphatic rings. The van der Waals surface area contributed by atoms with E-state index in [1.165, 1.54) is 0 Å². The molecule has 0 aliphatic carbocycles. The van der Waals surface area contributed by atoms with Crippen molar-refractivity contribution in [1.29, 1.82) is 0 Å². The smallest absolute Gasteiger partial charge is 0.694 e. The average molecular weight is 142 g/mol. The molecule has 0 spiro atoms. The van der Waals surface area contributed by atoms with Crippen LogP contribution in [0.4, 0.5) is 0 Å². The SMILES string of the molecule is [C-]#CCCCC#CCC.[Na+]. The fourth-order valence-corrected chi connectivity index (χ4v) is 0.479. The third-order valence-corrected chi connectivity index (χ3v) is 0.905. The largest absolute Gasteiger partial charge is 1.00 e. The summed E-state index contributed by atoms with van der Waals surface area (Å²) in [7, 11) is 0. The van der Waals surface area contributed by atoms with E-state index in [2.05, 4.69) is 17.8 Å². The van der Waals surface area contributed by atoms with E-state index in [0.29, 0.717) is 0 Å². The van der Waals surface area contributed by atoms with Crippen molar-refractivity contribution in [2.75, 3.05) is 0 Å². The van der Waals surface area contributed by atoms with E-state index in [4.69, 9.17) is 6.42 Å². The molecule has 0 amide bonds. The third-order valence-electron chi connectivity index (χ3n) is 0.905. The van der Waals surface area contributed by atoms with Crippen molar-refractivity contribution in [3.63, 3.8) is 0 Å². The predicted octanol–water partition coefficient (Wildman–Crippen LogP) is -0.836. The van der Waals surface area contributed by atoms with Gasteiger partial charge < -0.3 is 12.3 Å². The Morgan fingerprint density at radius 1 is 1.20 bits per heavy atom. The zero-order valence-electron chi connectivity index (χ0n) is 6.83. The summed E-state index contributed by atoms with van der Waals surface area (Å²) in [6.45, 7) is 2.04. The number of rotatable bonds is 2. The van der Waals surface area contributed by atoms with Crippen LogP contribution in [-0.2, 0) is 0 Å². The molecule has 0 saturated carbocycles. The van der Waals surface area contributed by atoms with Crippen molar-refractivity contribution < 1.29 is 29.6 Å². The molecule has 0 unspecified atom stereocenters. The first-order valence-electron chi connectivity index (χ1n) is 3.27. The van der Waals surface area contributed by atoms with Crippen LogP contribution in [0.2, 0.25) is 0 Å². The van der Waals surface area contributed by atoms with E-state index >= 15 is 0 Å². The molecule has 1 heteroatoms. The Labute approximate surface area is 86.1 Å². The summed E-state index contributed by atoms with van der Waals surface area (Å²) in [6, 6.07) is 0. The second-order valence-corrected chi connectivity index (χ2v) is 1.74. The van der Waals surface area contributed by atoms with Crippen LogP contribution in [0.25, 0.3) is 0 Å². The fraction of sp³-hybridized carbons (Fsp3) is 0.556. The van der Waals surface area contributed by atoms with Crippen LogP contribution in [0.3, 0.4) is 0 Å². The van der Waals surface area contributed by atoms with E-state index in [1.807, 2.05) is 6.92 Å². The Morgan fingerprint density at radius 3 is 2.40 bits per heavy atom. The molecule has 0 rings (SSSR count). The first kappa shape index (κ1) is 12.8. The van der Waals surface area contributed by atoms with Gasteiger partial charge in [-0.3, -0.25) is 0 Å². The maximum absolute atomic E-state index is 6.58. The molecule has 0 aromatic rings. The van der Waals surface area contributed by atoms with E-state index < -0.39 is 0 Å². The van der Waals surface area contributed by atoms with Gasteiger partial charge in [0.05, 0.1) is 0 Å². The minimum Gasteiger partial charge on any atom is -0.694 e. The summed E-state index contributed by atoms with van der Waals surface area (Å²) in [5, 5.41) is 0. The van der Waals surface area contributed by atoms with Gasteiger partial charge in [-0.25, -0.2) is 0 Å². The summed E-state index contributed by atoms with van der Waals surface area (Å²) in [5.41, 5.74) is 0. The Balaban J connectivity index is 0. The molecule has 0 radical (unpaired) electrons. The monoisotopic (exact) mass is 142 g/mol. The van der Waals surface area contributed by atoms with Gasteiger partial charge in [-0.1, -0.05) is 6.92 Å². The van der Waals surface area contributed by atoms with Gasteiger partial charge >= 0.3 is 29.6 Å². The molecule has 0 aromatic heterocycles. The maximum Gasteiger partial charge on any atom is 1.00 e. The molecular weight excluding hydrogens is 131 g/mol. The maximum atomic E-state index is 6.58. The van der Waals surface area contributed by atoms with Gasteiger partial charge in [0.2, 0.25) is 0 Å². The topological polar surface area (TPSA) is 0 Å². The summed E-state index contributed by atoms with van der Waals surface area (Å²) in [5.74, 6) is 8.29. The summed E-state index contributed by atoms with van der Waals surface area (Å²) in [6.07, 6.45) is 10.2. The van der Waals surface area contributed by atoms with Crippen molar-refractivity contribution in [2.45, 2.75) is 32.6 Å². The van der Waals surface area contributed by atoms with Crippen molar-refractivity contribution in [3.05, 3.63) is 6.42 Å². The molecule has 0 bridgehead atoms. The fourth-order valence-electron chi connectivity index (χ4n) is 0.479. The molecule has 0 fully saturated rings. The van der Waals surface area contributed by atoms with Crippen LogP contribution in [0.5, 0.6) is 0 Å². The van der Waals surface area contributed by atoms with E-state index in [-0.39, 0.29) is 29.6 Å². The molecule has 0 heterocycles. The van der Waals surface area contributed by atoms with E-state index in [9.17, 15) is 0 Å². The molecular formula is C9H11Na. The third kappa shape index (κ3) is 11.0. The van der Waals surface area contributed by atoms with E-state index in [0.717, 1.165) is 25.7 Å². The Morgan fingerprint density at radius 2 is 1.90 bits per heavy atom. The Bertz CT molecular complexity index is 142. The van der Waals surface area contributed by atoms with Gasteiger partial charge in [-0.2, -0.15) is 0 Å². The van der Waals surface area contributed by atoms with Crippen molar-refractivity contribution in [1.82, 2.24) is 0 Å². The first-order chi connectivity index (χ1) is 4.41. The van der Waals surface area contributed by atoms with Gasteiger partial charge in [-0.15, -0.1) is 11.8 Å². The van der Waals surface area contributed by atoms with Crippen LogP contribution in [0.1, 0.15) is 32.6 Å². The summed E-state index contributed by atoms with van der Waals surface area (Å²) < 4.78 is 0. The number of unbranched alkanes of at least 4 members (excludes halogenated alkanes) is 2. The zero-order chi connectivity index (χ0) is 6.95. The minimum atomic E-state index is 0. The molecule has 0 aromatic carbocycles. The normalized spacial score (nSPS) is 6.40. The Kier molecular flexibility index (Phi) is 15.1. The first-order valence-corrected chi connectivity index (χ1v) is 3.27. The molecule has 0 atom stereocenters. The Hall–Kier alpha value is 0.120. The van der Waals surface area contributed by atoms with Crippen LogP contribution in [-0.4, -0.2) is 0 Å². The quantitative estimate of drug-likeness (QED) is 0.204. The standard InChI is InChI=1S/C9H11.Na/c1-3-5-7-9-8-6-4-2;/h3,6,8-9H2,1H3;/q-1;+1. The molecule has 10 heavy (non-hydrogen) atoms. The molecule has 0 saturated heterocycles. The number of hydrogen-bond acceptors (Lipinski definition) is 0. The van der Waals surface area contributed by atoms with Crippen LogP contribution in [0.15, 0.2) is 0 Å². The van der Waals surface area contributed by atoms with Crippen molar-refractivity contribution in [2.24, 2.45) is 0 Å². The van der Waals surface area contributed by atoms with Gasteiger partial charge in [0.15, 0.2) is 0 Å². The molecule has 0 N–H and O–H groups in total. The van der Waals surface area contributed by atoms with Crippen LogP contribution >= 0.6 is 0 Å². The minimum absolute atomic E-state index is 0. The van der Waals surface area contributed by atoms with Gasteiger partial charge in [0, 0.05) is 12.8 Å².